The van der Waals surface area contributed by atoms with E-state index in [2.05, 4.69) is 4.99 Å². The van der Waals surface area contributed by atoms with Crippen LogP contribution in [0.25, 0.3) is 6.08 Å². The molecule has 0 N–H and O–H groups in total. The number of aliphatic imine (C=N–C) groups is 1. The third kappa shape index (κ3) is 5.02. The van der Waals surface area contributed by atoms with Crippen LogP contribution in [-0.4, -0.2) is 36.8 Å². The molecule has 1 aliphatic heterocycles. The number of hydrogen-bond donors (Lipinski definition) is 0. The molecule has 1 aliphatic rings. The lowest BCUT2D eigenvalue weighted by Crippen LogP contribution is -2.30. The van der Waals surface area contributed by atoms with Crippen LogP contribution in [0.1, 0.15) is 15.9 Å². The summed E-state index contributed by atoms with van der Waals surface area (Å²) in [5, 5.41) is 0.387. The molecule has 0 atom stereocenters. The van der Waals surface area contributed by atoms with Crippen LogP contribution >= 0.6 is 11.8 Å². The second-order valence-corrected chi connectivity index (χ2v) is 8.18. The first-order chi connectivity index (χ1) is 16.5. The summed E-state index contributed by atoms with van der Waals surface area (Å²) >= 11 is 1.17. The molecule has 0 aliphatic carbocycles. The molecule has 0 fully saturated rings. The van der Waals surface area contributed by atoms with E-state index in [0.717, 1.165) is 0 Å². The van der Waals surface area contributed by atoms with E-state index in [0.29, 0.717) is 33.5 Å². The van der Waals surface area contributed by atoms with E-state index in [-0.39, 0.29) is 29.0 Å². The third-order valence-corrected chi connectivity index (χ3v) is 5.99. The van der Waals surface area contributed by atoms with E-state index in [1.54, 1.807) is 48.5 Å². The number of thioether (sulfide) groups is 1. The Bertz CT molecular complexity index is 1270. The molecule has 3 aromatic rings. The number of benzene rings is 3. The maximum atomic E-state index is 13.3. The quantitative estimate of drug-likeness (QED) is 0.346. The zero-order valence-electron chi connectivity index (χ0n) is 18.5. The molecule has 0 bridgehead atoms. The summed E-state index contributed by atoms with van der Waals surface area (Å²) < 4.78 is 23.8. The van der Waals surface area contributed by atoms with E-state index in [4.69, 9.17) is 9.47 Å². The predicted molar refractivity (Wildman–Crippen MR) is 132 cm³/mol. The monoisotopic (exact) mass is 476 g/mol. The standard InChI is InChI=1S/C26H21FN2O4S/c1-32-23-13-10-18(15-24(23)33-2)22(30)16-34-26-28-21(14-17-8-11-19(27)12-9-17)25(31)29(26)20-6-4-3-5-7-20/h3-15H,16H2,1-2H3. The number of ether oxygens (including phenoxy) is 2. The summed E-state index contributed by atoms with van der Waals surface area (Å²) in [4.78, 5) is 32.0. The van der Waals surface area contributed by atoms with Crippen molar-refractivity contribution in [3.8, 4) is 11.5 Å². The highest BCUT2D eigenvalue weighted by molar-refractivity contribution is 8.14. The number of rotatable bonds is 7. The van der Waals surface area contributed by atoms with Gasteiger partial charge in [-0.15, -0.1) is 0 Å². The zero-order valence-corrected chi connectivity index (χ0v) is 19.3. The lowest BCUT2D eigenvalue weighted by atomic mass is 10.1. The summed E-state index contributed by atoms with van der Waals surface area (Å²) in [6, 6.07) is 19.8. The molecule has 1 heterocycles. The maximum Gasteiger partial charge on any atom is 0.283 e. The van der Waals surface area contributed by atoms with Crippen molar-refractivity contribution in [2.45, 2.75) is 0 Å². The van der Waals surface area contributed by atoms with Gasteiger partial charge in [0.2, 0.25) is 0 Å². The first-order valence-electron chi connectivity index (χ1n) is 10.3. The first kappa shape index (κ1) is 23.3. The molecule has 172 valence electrons. The van der Waals surface area contributed by atoms with Gasteiger partial charge in [0.05, 0.1) is 25.7 Å². The van der Waals surface area contributed by atoms with Crippen molar-refractivity contribution in [3.05, 3.63) is 95.4 Å². The van der Waals surface area contributed by atoms with Crippen LogP contribution in [0.2, 0.25) is 0 Å². The molecule has 3 aromatic carbocycles. The molecule has 34 heavy (non-hydrogen) atoms. The van der Waals surface area contributed by atoms with E-state index >= 15 is 0 Å². The molecule has 4 rings (SSSR count). The Morgan fingerprint density at radius 1 is 1.00 bits per heavy atom. The molecule has 0 radical (unpaired) electrons. The smallest absolute Gasteiger partial charge is 0.283 e. The van der Waals surface area contributed by atoms with Gasteiger partial charge in [-0.3, -0.25) is 14.5 Å². The number of halogens is 1. The molecule has 0 unspecified atom stereocenters. The Morgan fingerprint density at radius 3 is 2.38 bits per heavy atom. The number of ketones is 1. The molecule has 0 aromatic heterocycles. The summed E-state index contributed by atoms with van der Waals surface area (Å²) in [6.45, 7) is 0. The average molecular weight is 477 g/mol. The van der Waals surface area contributed by atoms with Crippen molar-refractivity contribution in [2.24, 2.45) is 4.99 Å². The topological polar surface area (TPSA) is 68.2 Å². The molecular weight excluding hydrogens is 455 g/mol. The number of para-hydroxylation sites is 1. The molecule has 0 saturated heterocycles. The summed E-state index contributed by atoms with van der Waals surface area (Å²) in [5.74, 6) is 0.223. The Hall–Kier alpha value is -3.91. The number of Topliss-reactive ketones (excluding diaryl/α,β-unsaturated/α-hetero) is 1. The highest BCUT2D eigenvalue weighted by atomic mass is 32.2. The Labute approximate surface area is 200 Å². The van der Waals surface area contributed by atoms with Gasteiger partial charge in [-0.05, 0) is 54.1 Å². The third-order valence-electron chi connectivity index (χ3n) is 5.06. The number of hydrogen-bond acceptors (Lipinski definition) is 6. The summed E-state index contributed by atoms with van der Waals surface area (Å²) in [6.07, 6.45) is 1.60. The Balaban J connectivity index is 1.59. The average Bonchev–Trinajstić information content (AvgIpc) is 3.18. The number of carbonyl (C=O) groups excluding carboxylic acids is 2. The van der Waals surface area contributed by atoms with Crippen molar-refractivity contribution in [1.29, 1.82) is 0 Å². The molecule has 0 spiro atoms. The normalized spacial score (nSPS) is 14.3. The Kier molecular flexibility index (Phi) is 7.08. The fourth-order valence-corrected chi connectivity index (χ4v) is 4.25. The van der Waals surface area contributed by atoms with Gasteiger partial charge in [0.1, 0.15) is 11.5 Å². The minimum absolute atomic E-state index is 0.0642. The molecule has 6 nitrogen and oxygen atoms in total. The summed E-state index contributed by atoms with van der Waals surface area (Å²) in [5.41, 5.74) is 1.95. The molecule has 8 heteroatoms. The number of nitrogens with zero attached hydrogens (tertiary/aromatic N) is 2. The number of anilines is 1. The number of amides is 1. The van der Waals surface area contributed by atoms with Crippen LogP contribution in [0.4, 0.5) is 10.1 Å². The van der Waals surface area contributed by atoms with Crippen LogP contribution in [0.3, 0.4) is 0 Å². The van der Waals surface area contributed by atoms with Crippen LogP contribution in [-0.2, 0) is 4.79 Å². The summed E-state index contributed by atoms with van der Waals surface area (Å²) in [7, 11) is 3.03. The van der Waals surface area contributed by atoms with E-state index < -0.39 is 0 Å². The van der Waals surface area contributed by atoms with Gasteiger partial charge in [-0.1, -0.05) is 42.1 Å². The van der Waals surface area contributed by atoms with Crippen molar-refractivity contribution in [3.63, 3.8) is 0 Å². The van der Waals surface area contributed by atoms with E-state index in [9.17, 15) is 14.0 Å². The first-order valence-corrected chi connectivity index (χ1v) is 11.3. The van der Waals surface area contributed by atoms with Crippen molar-refractivity contribution in [1.82, 2.24) is 0 Å². The number of methoxy groups -OCH3 is 2. The Morgan fingerprint density at radius 2 is 1.71 bits per heavy atom. The second kappa shape index (κ2) is 10.4. The number of amidine groups is 1. The highest BCUT2D eigenvalue weighted by Crippen LogP contribution is 2.31. The van der Waals surface area contributed by atoms with Gasteiger partial charge in [0.15, 0.2) is 22.4 Å². The fourth-order valence-electron chi connectivity index (χ4n) is 3.34. The van der Waals surface area contributed by atoms with Crippen LogP contribution in [0, 0.1) is 5.82 Å². The van der Waals surface area contributed by atoms with Crippen LogP contribution in [0.5, 0.6) is 11.5 Å². The van der Waals surface area contributed by atoms with Crippen molar-refractivity contribution < 1.29 is 23.5 Å². The molecule has 1 amide bonds. The minimum Gasteiger partial charge on any atom is -0.493 e. The molecular formula is C26H21FN2O4S. The van der Waals surface area contributed by atoms with E-state index in [1.807, 2.05) is 18.2 Å². The van der Waals surface area contributed by atoms with Crippen LogP contribution in [0.15, 0.2) is 83.5 Å². The van der Waals surface area contributed by atoms with Crippen molar-refractivity contribution >= 4 is 40.4 Å². The van der Waals surface area contributed by atoms with Crippen molar-refractivity contribution in [2.75, 3.05) is 24.9 Å². The molecule has 0 saturated carbocycles. The fraction of sp³-hybridized carbons (Fsp3) is 0.115. The minimum atomic E-state index is -0.362. The highest BCUT2D eigenvalue weighted by Gasteiger charge is 2.32. The predicted octanol–water partition coefficient (Wildman–Crippen LogP) is 5.20. The van der Waals surface area contributed by atoms with Gasteiger partial charge < -0.3 is 9.47 Å². The SMILES string of the molecule is COc1ccc(C(=O)CSC2=NC(=Cc3ccc(F)cc3)C(=O)N2c2ccccc2)cc1OC. The van der Waals surface area contributed by atoms with Gasteiger partial charge in [0, 0.05) is 5.56 Å². The zero-order chi connectivity index (χ0) is 24.1. The van der Waals surface area contributed by atoms with Gasteiger partial charge in [0.25, 0.3) is 5.91 Å². The largest absolute Gasteiger partial charge is 0.493 e. The van der Waals surface area contributed by atoms with Gasteiger partial charge in [-0.2, -0.15) is 0 Å². The van der Waals surface area contributed by atoms with Gasteiger partial charge >= 0.3 is 0 Å². The van der Waals surface area contributed by atoms with E-state index in [1.165, 1.54) is 43.0 Å². The lowest BCUT2D eigenvalue weighted by molar-refractivity contribution is -0.113. The number of carbonyl (C=O) groups is 2. The van der Waals surface area contributed by atoms with Crippen LogP contribution < -0.4 is 14.4 Å². The second-order valence-electron chi connectivity index (χ2n) is 7.23. The van der Waals surface area contributed by atoms with Gasteiger partial charge in [-0.25, -0.2) is 9.38 Å². The maximum absolute atomic E-state index is 13.3. The lowest BCUT2D eigenvalue weighted by Gasteiger charge is -2.17.